The molecule has 1 atom stereocenters. The molecular weight excluding hydrogens is 308 g/mol. The summed E-state index contributed by atoms with van der Waals surface area (Å²) in [5.74, 6) is -2.26. The first-order valence-electron chi connectivity index (χ1n) is 6.82. The number of carbonyl (C=O) groups excluding carboxylic acids is 1. The molecule has 2 aromatic rings. The highest BCUT2D eigenvalue weighted by atomic mass is 19.3. The van der Waals surface area contributed by atoms with Gasteiger partial charge in [-0.15, -0.1) is 0 Å². The number of carbonyl (C=O) groups is 2. The molecule has 0 fully saturated rings. The number of alkyl halides is 2. The fourth-order valence-electron chi connectivity index (χ4n) is 2.10. The van der Waals surface area contributed by atoms with Crippen molar-refractivity contribution in [3.05, 3.63) is 47.8 Å². The molecule has 0 aliphatic carbocycles. The highest BCUT2D eigenvalue weighted by Gasteiger charge is 2.26. The molecule has 0 radical (unpaired) electrons. The van der Waals surface area contributed by atoms with Crippen LogP contribution in [0.1, 0.15) is 22.5 Å². The van der Waals surface area contributed by atoms with Crippen LogP contribution >= 0.6 is 0 Å². The van der Waals surface area contributed by atoms with E-state index < -0.39 is 30.8 Å². The van der Waals surface area contributed by atoms with E-state index >= 15 is 0 Å². The van der Waals surface area contributed by atoms with E-state index in [1.165, 1.54) is 10.9 Å². The second-order valence-corrected chi connectivity index (χ2v) is 4.88. The molecule has 23 heavy (non-hydrogen) atoms. The second kappa shape index (κ2) is 6.99. The quantitative estimate of drug-likeness (QED) is 0.852. The number of aromatic nitrogens is 2. The topological polar surface area (TPSA) is 84.2 Å². The first-order valence-corrected chi connectivity index (χ1v) is 6.82. The predicted molar refractivity (Wildman–Crippen MR) is 77.8 cm³/mol. The van der Waals surface area contributed by atoms with Gasteiger partial charge in [0.1, 0.15) is 6.04 Å². The Labute approximate surface area is 130 Å². The van der Waals surface area contributed by atoms with Gasteiger partial charge < -0.3 is 10.4 Å². The molecule has 1 amide bonds. The van der Waals surface area contributed by atoms with Crippen LogP contribution in [0.3, 0.4) is 0 Å². The summed E-state index contributed by atoms with van der Waals surface area (Å²) in [6, 6.07) is 7.37. The molecule has 8 heteroatoms. The maximum absolute atomic E-state index is 12.4. The number of hydrogen-bond acceptors (Lipinski definition) is 3. The summed E-state index contributed by atoms with van der Waals surface area (Å²) in [6.45, 7) is 1.64. The highest BCUT2D eigenvalue weighted by molar-refractivity contribution is 5.97. The molecule has 0 saturated carbocycles. The van der Waals surface area contributed by atoms with Gasteiger partial charge >= 0.3 is 5.97 Å². The molecule has 0 aliphatic rings. The van der Waals surface area contributed by atoms with Crippen molar-refractivity contribution in [2.45, 2.75) is 25.8 Å². The largest absolute Gasteiger partial charge is 0.480 e. The van der Waals surface area contributed by atoms with Gasteiger partial charge in [-0.1, -0.05) is 18.2 Å². The van der Waals surface area contributed by atoms with Crippen molar-refractivity contribution in [1.82, 2.24) is 15.1 Å². The molecule has 1 aromatic heterocycles. The van der Waals surface area contributed by atoms with E-state index in [0.717, 1.165) is 5.69 Å². The van der Waals surface area contributed by atoms with Crippen molar-refractivity contribution in [2.24, 2.45) is 0 Å². The van der Waals surface area contributed by atoms with Gasteiger partial charge in [0.15, 0.2) is 0 Å². The summed E-state index contributed by atoms with van der Waals surface area (Å²) in [5.41, 5.74) is 1.34. The number of carboxylic acids is 1. The van der Waals surface area contributed by atoms with Crippen molar-refractivity contribution >= 4 is 11.9 Å². The fraction of sp³-hybridized carbons (Fsp3) is 0.267. The van der Waals surface area contributed by atoms with E-state index in [-0.39, 0.29) is 5.56 Å². The van der Waals surface area contributed by atoms with Gasteiger partial charge in [0.2, 0.25) is 6.43 Å². The Hall–Kier alpha value is -2.77. The SMILES string of the molecule is Cc1c(C(=O)NC(CC(F)F)C(=O)O)cnn1-c1ccccc1. The predicted octanol–water partition coefficient (Wildman–Crippen LogP) is 2.02. The Morgan fingerprint density at radius 2 is 1.96 bits per heavy atom. The van der Waals surface area contributed by atoms with E-state index in [1.807, 2.05) is 6.07 Å². The molecule has 0 spiro atoms. The summed E-state index contributed by atoms with van der Waals surface area (Å²) in [5, 5.41) is 15.1. The van der Waals surface area contributed by atoms with Crippen LogP contribution in [0.15, 0.2) is 36.5 Å². The monoisotopic (exact) mass is 323 g/mol. The summed E-state index contributed by atoms with van der Waals surface area (Å²) in [7, 11) is 0. The first kappa shape index (κ1) is 16.6. The number of amides is 1. The number of nitrogens with one attached hydrogen (secondary N) is 1. The van der Waals surface area contributed by atoms with Crippen molar-refractivity contribution < 1.29 is 23.5 Å². The Bertz CT molecular complexity index is 701. The molecule has 0 saturated heterocycles. The number of carboxylic acid groups (broad SMARTS) is 1. The lowest BCUT2D eigenvalue weighted by Crippen LogP contribution is -2.42. The van der Waals surface area contributed by atoms with Gasteiger partial charge in [0.05, 0.1) is 23.1 Å². The van der Waals surface area contributed by atoms with Gasteiger partial charge in [-0.25, -0.2) is 18.3 Å². The zero-order valence-electron chi connectivity index (χ0n) is 12.2. The van der Waals surface area contributed by atoms with Crippen molar-refractivity contribution in [3.63, 3.8) is 0 Å². The second-order valence-electron chi connectivity index (χ2n) is 4.88. The van der Waals surface area contributed by atoms with Crippen LogP contribution in [0.4, 0.5) is 8.78 Å². The summed E-state index contributed by atoms with van der Waals surface area (Å²) in [4.78, 5) is 23.1. The van der Waals surface area contributed by atoms with E-state index in [4.69, 9.17) is 5.11 Å². The van der Waals surface area contributed by atoms with E-state index in [1.54, 1.807) is 31.2 Å². The molecule has 2 rings (SSSR count). The van der Waals surface area contributed by atoms with Crippen LogP contribution in [0.2, 0.25) is 0 Å². The number of hydrogen-bond donors (Lipinski definition) is 2. The molecular formula is C15H15F2N3O3. The molecule has 0 aliphatic heterocycles. The summed E-state index contributed by atoms with van der Waals surface area (Å²) < 4.78 is 26.3. The zero-order chi connectivity index (χ0) is 17.0. The maximum Gasteiger partial charge on any atom is 0.326 e. The Balaban J connectivity index is 2.20. The Kier molecular flexibility index (Phi) is 5.05. The lowest BCUT2D eigenvalue weighted by Gasteiger charge is -2.13. The summed E-state index contributed by atoms with van der Waals surface area (Å²) in [6.07, 6.45) is -2.50. The van der Waals surface area contributed by atoms with Gasteiger partial charge in [-0.05, 0) is 19.1 Å². The molecule has 1 aromatic carbocycles. The number of para-hydroxylation sites is 1. The minimum absolute atomic E-state index is 0.134. The van der Waals surface area contributed by atoms with Gasteiger partial charge in [-0.3, -0.25) is 4.79 Å². The highest BCUT2D eigenvalue weighted by Crippen LogP contribution is 2.14. The van der Waals surface area contributed by atoms with Gasteiger partial charge in [0.25, 0.3) is 5.91 Å². The molecule has 0 bridgehead atoms. The third-order valence-corrected chi connectivity index (χ3v) is 3.27. The third-order valence-electron chi connectivity index (χ3n) is 3.27. The van der Waals surface area contributed by atoms with Crippen molar-refractivity contribution in [2.75, 3.05) is 0 Å². The minimum Gasteiger partial charge on any atom is -0.480 e. The fourth-order valence-corrected chi connectivity index (χ4v) is 2.10. The zero-order valence-corrected chi connectivity index (χ0v) is 12.2. The van der Waals surface area contributed by atoms with Crippen molar-refractivity contribution in [3.8, 4) is 5.69 Å². The van der Waals surface area contributed by atoms with E-state index in [0.29, 0.717) is 5.69 Å². The number of benzene rings is 1. The Morgan fingerprint density at radius 1 is 1.30 bits per heavy atom. The minimum atomic E-state index is -2.83. The molecule has 6 nitrogen and oxygen atoms in total. The number of nitrogens with zero attached hydrogens (tertiary/aromatic N) is 2. The van der Waals surface area contributed by atoms with Crippen LogP contribution in [0.25, 0.3) is 5.69 Å². The smallest absolute Gasteiger partial charge is 0.326 e. The van der Waals surface area contributed by atoms with Gasteiger partial charge in [-0.2, -0.15) is 5.10 Å². The first-order chi connectivity index (χ1) is 10.9. The Morgan fingerprint density at radius 3 is 2.52 bits per heavy atom. The summed E-state index contributed by atoms with van der Waals surface area (Å²) >= 11 is 0. The molecule has 1 unspecified atom stereocenters. The lowest BCUT2D eigenvalue weighted by atomic mass is 10.2. The van der Waals surface area contributed by atoms with Crippen LogP contribution < -0.4 is 5.32 Å². The van der Waals surface area contributed by atoms with Gasteiger partial charge in [0, 0.05) is 6.42 Å². The standard InChI is InChI=1S/C15H15F2N3O3/c1-9-11(8-18-20(9)10-5-3-2-4-6-10)14(21)19-12(15(22)23)7-13(16)17/h2-6,8,12-13H,7H2,1H3,(H,19,21)(H,22,23). The normalized spacial score (nSPS) is 12.2. The third kappa shape index (κ3) is 3.91. The van der Waals surface area contributed by atoms with Crippen LogP contribution in [0, 0.1) is 6.92 Å². The molecule has 122 valence electrons. The maximum atomic E-state index is 12.4. The number of halogens is 2. The van der Waals surface area contributed by atoms with E-state index in [9.17, 15) is 18.4 Å². The van der Waals surface area contributed by atoms with Crippen molar-refractivity contribution in [1.29, 1.82) is 0 Å². The van der Waals surface area contributed by atoms with Crippen LogP contribution in [-0.2, 0) is 4.79 Å². The van der Waals surface area contributed by atoms with Crippen LogP contribution in [-0.4, -0.2) is 39.2 Å². The molecule has 2 N–H and O–H groups in total. The van der Waals surface area contributed by atoms with E-state index in [2.05, 4.69) is 10.4 Å². The van der Waals surface area contributed by atoms with Crippen LogP contribution in [0.5, 0.6) is 0 Å². The number of rotatable bonds is 6. The lowest BCUT2D eigenvalue weighted by molar-refractivity contribution is -0.140. The average Bonchev–Trinajstić information content (AvgIpc) is 2.88. The number of aliphatic carboxylic acids is 1. The molecule has 1 heterocycles. The average molecular weight is 323 g/mol.